The fraction of sp³-hybridized carbons (Fsp3) is 0.476. The first kappa shape index (κ1) is 18.7. The van der Waals surface area contributed by atoms with Gasteiger partial charge in [0.2, 0.25) is 5.91 Å². The number of hydrogen-bond donors (Lipinski definition) is 2. The van der Waals surface area contributed by atoms with E-state index < -0.39 is 6.04 Å². The Balaban J connectivity index is 1.50. The lowest BCUT2D eigenvalue weighted by Crippen LogP contribution is -2.51. The van der Waals surface area contributed by atoms with Gasteiger partial charge in [0.15, 0.2) is 5.82 Å². The first-order chi connectivity index (χ1) is 13.6. The second-order valence-electron chi connectivity index (χ2n) is 7.75. The second-order valence-corrected chi connectivity index (χ2v) is 7.75. The molecular weight excluding hydrogens is 354 g/mol. The molecule has 1 aromatic carbocycles. The normalized spacial score (nSPS) is 20.6. The van der Waals surface area contributed by atoms with Gasteiger partial charge in [-0.1, -0.05) is 30.3 Å². The second kappa shape index (κ2) is 8.14. The number of carbonyl (C=O) groups is 1. The Morgan fingerprint density at radius 1 is 1.18 bits per heavy atom. The molecule has 4 rings (SSSR count). The van der Waals surface area contributed by atoms with Crippen molar-refractivity contribution in [2.45, 2.75) is 43.8 Å². The third-order valence-electron chi connectivity index (χ3n) is 5.44. The summed E-state index contributed by atoms with van der Waals surface area (Å²) in [6.07, 6.45) is 7.36. The van der Waals surface area contributed by atoms with Crippen LogP contribution >= 0.6 is 0 Å². The number of aromatic nitrogens is 2. The Kier molecular flexibility index (Phi) is 5.43. The smallest absolute Gasteiger partial charge is 0.293 e. The molecule has 0 bridgehead atoms. The summed E-state index contributed by atoms with van der Waals surface area (Å²) < 4.78 is 1.55. The van der Waals surface area contributed by atoms with Crippen LogP contribution in [0.2, 0.25) is 0 Å². The molecule has 1 aliphatic heterocycles. The number of aryl methyl sites for hydroxylation is 1. The Labute approximate surface area is 164 Å². The summed E-state index contributed by atoms with van der Waals surface area (Å²) in [5, 5.41) is 6.67. The quantitative estimate of drug-likeness (QED) is 0.790. The fourth-order valence-corrected chi connectivity index (χ4v) is 3.72. The van der Waals surface area contributed by atoms with Gasteiger partial charge in [-0.05, 0) is 31.2 Å². The summed E-state index contributed by atoms with van der Waals surface area (Å²) in [6, 6.07) is 9.88. The number of nitrogens with zero attached hydrogens (tertiary/aromatic N) is 3. The predicted molar refractivity (Wildman–Crippen MR) is 108 cm³/mol. The highest BCUT2D eigenvalue weighted by Crippen LogP contribution is 2.23. The highest BCUT2D eigenvalue weighted by atomic mass is 16.2. The van der Waals surface area contributed by atoms with Gasteiger partial charge in [0, 0.05) is 44.6 Å². The minimum absolute atomic E-state index is 0.0274. The molecule has 2 aromatic rings. The van der Waals surface area contributed by atoms with Crippen LogP contribution in [-0.2, 0) is 11.8 Å². The zero-order chi connectivity index (χ0) is 19.5. The zero-order valence-electron chi connectivity index (χ0n) is 16.2. The average Bonchev–Trinajstić information content (AvgIpc) is 3.53. The molecule has 7 nitrogen and oxygen atoms in total. The van der Waals surface area contributed by atoms with Crippen molar-refractivity contribution in [3.63, 3.8) is 0 Å². The van der Waals surface area contributed by atoms with Crippen LogP contribution in [0.1, 0.15) is 37.3 Å². The SMILES string of the molecule is Cn1ccnc(N2CCC[C@H](N[C@@H](C(=O)NC3CC3)c3ccccc3)C2)c1=O. The van der Waals surface area contributed by atoms with Crippen molar-refractivity contribution in [2.75, 3.05) is 18.0 Å². The number of anilines is 1. The third kappa shape index (κ3) is 4.25. The van der Waals surface area contributed by atoms with Crippen molar-refractivity contribution in [3.05, 3.63) is 58.6 Å². The lowest BCUT2D eigenvalue weighted by atomic mass is 10.0. The van der Waals surface area contributed by atoms with Crippen molar-refractivity contribution in [1.82, 2.24) is 20.2 Å². The molecule has 0 spiro atoms. The molecule has 2 aliphatic rings. The van der Waals surface area contributed by atoms with Gasteiger partial charge in [0.1, 0.15) is 6.04 Å². The van der Waals surface area contributed by atoms with Crippen LogP contribution in [0.3, 0.4) is 0 Å². The van der Waals surface area contributed by atoms with E-state index in [2.05, 4.69) is 15.6 Å². The van der Waals surface area contributed by atoms with Crippen molar-refractivity contribution >= 4 is 11.7 Å². The maximum atomic E-state index is 12.9. The molecule has 1 aromatic heterocycles. The van der Waals surface area contributed by atoms with Crippen molar-refractivity contribution in [2.24, 2.45) is 7.05 Å². The molecule has 0 unspecified atom stereocenters. The molecule has 1 saturated carbocycles. The predicted octanol–water partition coefficient (Wildman–Crippen LogP) is 1.36. The number of rotatable bonds is 6. The summed E-state index contributed by atoms with van der Waals surface area (Å²) in [5.74, 6) is 0.509. The van der Waals surface area contributed by atoms with Crippen molar-refractivity contribution in [3.8, 4) is 0 Å². The van der Waals surface area contributed by atoms with E-state index in [1.165, 1.54) is 0 Å². The topological polar surface area (TPSA) is 79.3 Å². The molecule has 2 fully saturated rings. The summed E-state index contributed by atoms with van der Waals surface area (Å²) in [7, 11) is 1.74. The maximum absolute atomic E-state index is 12.9. The molecule has 2 heterocycles. The fourth-order valence-electron chi connectivity index (χ4n) is 3.72. The Morgan fingerprint density at radius 2 is 1.96 bits per heavy atom. The van der Waals surface area contributed by atoms with Gasteiger partial charge >= 0.3 is 0 Å². The van der Waals surface area contributed by atoms with Crippen LogP contribution in [0, 0.1) is 0 Å². The summed E-state index contributed by atoms with van der Waals surface area (Å²) in [5.41, 5.74) is 0.876. The van der Waals surface area contributed by atoms with E-state index in [4.69, 9.17) is 0 Å². The van der Waals surface area contributed by atoms with Gasteiger partial charge in [-0.15, -0.1) is 0 Å². The Bertz CT molecular complexity index is 878. The first-order valence-electron chi connectivity index (χ1n) is 10.00. The summed E-state index contributed by atoms with van der Waals surface area (Å²) >= 11 is 0. The standard InChI is InChI=1S/C21H27N5O2/c1-25-13-11-22-19(21(25)28)26-12-5-8-17(14-26)23-18(15-6-3-2-4-7-15)20(27)24-16-9-10-16/h2-4,6-7,11,13,16-18,23H,5,8-10,12,14H2,1H3,(H,24,27)/t17-,18+/m0/s1. The van der Waals surface area contributed by atoms with Crippen LogP contribution < -0.4 is 21.1 Å². The lowest BCUT2D eigenvalue weighted by Gasteiger charge is -2.35. The van der Waals surface area contributed by atoms with E-state index in [1.54, 1.807) is 24.0 Å². The lowest BCUT2D eigenvalue weighted by molar-refractivity contribution is -0.123. The summed E-state index contributed by atoms with van der Waals surface area (Å²) in [4.78, 5) is 31.6. The molecule has 1 amide bonds. The average molecular weight is 381 g/mol. The number of benzene rings is 1. The zero-order valence-corrected chi connectivity index (χ0v) is 16.2. The van der Waals surface area contributed by atoms with Gasteiger partial charge in [-0.3, -0.25) is 14.9 Å². The number of nitrogens with one attached hydrogen (secondary N) is 2. The van der Waals surface area contributed by atoms with E-state index in [-0.39, 0.29) is 17.5 Å². The van der Waals surface area contributed by atoms with E-state index >= 15 is 0 Å². The third-order valence-corrected chi connectivity index (χ3v) is 5.44. The van der Waals surface area contributed by atoms with Gasteiger partial charge in [-0.25, -0.2) is 4.98 Å². The van der Waals surface area contributed by atoms with Crippen LogP contribution in [0.5, 0.6) is 0 Å². The molecule has 2 N–H and O–H groups in total. The number of hydrogen-bond acceptors (Lipinski definition) is 5. The molecule has 148 valence electrons. The minimum atomic E-state index is -0.390. The highest BCUT2D eigenvalue weighted by molar-refractivity contribution is 5.83. The van der Waals surface area contributed by atoms with Crippen LogP contribution in [0.25, 0.3) is 0 Å². The molecule has 0 radical (unpaired) electrons. The van der Waals surface area contributed by atoms with E-state index in [9.17, 15) is 9.59 Å². The van der Waals surface area contributed by atoms with Gasteiger partial charge in [-0.2, -0.15) is 0 Å². The molecule has 1 aliphatic carbocycles. The minimum Gasteiger partial charge on any atom is -0.352 e. The van der Waals surface area contributed by atoms with E-state index in [0.717, 1.165) is 37.8 Å². The van der Waals surface area contributed by atoms with Crippen molar-refractivity contribution in [1.29, 1.82) is 0 Å². The summed E-state index contributed by atoms with van der Waals surface area (Å²) in [6.45, 7) is 1.46. The van der Waals surface area contributed by atoms with E-state index in [0.29, 0.717) is 18.4 Å². The largest absolute Gasteiger partial charge is 0.352 e. The molecule has 2 atom stereocenters. The number of carbonyl (C=O) groups excluding carboxylic acids is 1. The first-order valence-corrected chi connectivity index (χ1v) is 10.00. The van der Waals surface area contributed by atoms with Crippen LogP contribution in [0.15, 0.2) is 47.5 Å². The number of piperidine rings is 1. The van der Waals surface area contributed by atoms with Gasteiger partial charge < -0.3 is 14.8 Å². The van der Waals surface area contributed by atoms with Crippen molar-refractivity contribution < 1.29 is 4.79 Å². The molecule has 7 heteroatoms. The molecule has 28 heavy (non-hydrogen) atoms. The van der Waals surface area contributed by atoms with Gasteiger partial charge in [0.05, 0.1) is 0 Å². The Hall–Kier alpha value is -2.67. The highest BCUT2D eigenvalue weighted by Gasteiger charge is 2.31. The van der Waals surface area contributed by atoms with Crippen LogP contribution in [-0.4, -0.2) is 40.6 Å². The molecule has 1 saturated heterocycles. The maximum Gasteiger partial charge on any atom is 0.293 e. The number of amides is 1. The van der Waals surface area contributed by atoms with Crippen LogP contribution in [0.4, 0.5) is 5.82 Å². The molecular formula is C21H27N5O2. The monoisotopic (exact) mass is 381 g/mol. The Morgan fingerprint density at radius 3 is 2.71 bits per heavy atom. The van der Waals surface area contributed by atoms with E-state index in [1.807, 2.05) is 35.2 Å². The van der Waals surface area contributed by atoms with Gasteiger partial charge in [0.25, 0.3) is 5.56 Å².